The molecular weight excluding hydrogens is 488 g/mol. The van der Waals surface area contributed by atoms with Crippen molar-refractivity contribution in [1.29, 1.82) is 0 Å². The molecule has 0 radical (unpaired) electrons. The van der Waals surface area contributed by atoms with Gasteiger partial charge in [0.05, 0.1) is 20.8 Å². The smallest absolute Gasteiger partial charge is 0.347 e. The van der Waals surface area contributed by atoms with Gasteiger partial charge in [-0.1, -0.05) is 45.0 Å². The van der Waals surface area contributed by atoms with Gasteiger partial charge in [-0.05, 0) is 66.2 Å². The minimum absolute atomic E-state index is 0.123. The summed E-state index contributed by atoms with van der Waals surface area (Å²) in [5.41, 5.74) is 1.38. The van der Waals surface area contributed by atoms with Crippen molar-refractivity contribution in [2.24, 2.45) is 0 Å². The van der Waals surface area contributed by atoms with Crippen molar-refractivity contribution in [3.05, 3.63) is 83.4 Å². The van der Waals surface area contributed by atoms with Crippen LogP contribution >= 0.6 is 0 Å². The van der Waals surface area contributed by atoms with Crippen LogP contribution in [-0.4, -0.2) is 34.5 Å². The summed E-state index contributed by atoms with van der Waals surface area (Å²) in [5.74, 6) is -0.0311. The van der Waals surface area contributed by atoms with Crippen molar-refractivity contribution >= 4 is 20.3 Å². The van der Waals surface area contributed by atoms with E-state index in [4.69, 9.17) is 23.4 Å². The van der Waals surface area contributed by atoms with Crippen LogP contribution in [0.2, 0.25) is 18.1 Å². The van der Waals surface area contributed by atoms with E-state index < -0.39 is 20.3 Å². The molecule has 3 aromatic carbocycles. The number of carbonyl (C=O) groups excluding carboxylic acids is 2. The maximum absolute atomic E-state index is 13.0. The van der Waals surface area contributed by atoms with Crippen molar-refractivity contribution in [3.8, 4) is 23.0 Å². The van der Waals surface area contributed by atoms with Crippen LogP contribution in [0.25, 0.3) is 0 Å². The number of ether oxygens (including phenoxy) is 4. The first-order valence-corrected chi connectivity index (χ1v) is 14.8. The maximum Gasteiger partial charge on any atom is 0.347 e. The Hall–Kier alpha value is -3.62. The minimum Gasteiger partial charge on any atom is -0.496 e. The first-order valence-electron chi connectivity index (χ1n) is 11.9. The number of esters is 2. The van der Waals surface area contributed by atoms with Crippen LogP contribution < -0.4 is 18.9 Å². The lowest BCUT2D eigenvalue weighted by Crippen LogP contribution is -2.40. The number of rotatable bonds is 9. The first-order chi connectivity index (χ1) is 17.4. The summed E-state index contributed by atoms with van der Waals surface area (Å²) in [5, 5.41) is 0.123. The third-order valence-corrected chi connectivity index (χ3v) is 10.9. The van der Waals surface area contributed by atoms with Crippen molar-refractivity contribution in [2.45, 2.75) is 45.5 Å². The molecule has 0 heterocycles. The van der Waals surface area contributed by atoms with Gasteiger partial charge in [0, 0.05) is 0 Å². The van der Waals surface area contributed by atoms with Crippen molar-refractivity contribution in [2.75, 3.05) is 14.2 Å². The SMILES string of the molecule is COc1ccccc1C(=O)Oc1ccc(OC)c(C(=O)Oc2ccc(CO[Si](C)(C)C(C)(C)C)cc2)c1. The lowest BCUT2D eigenvalue weighted by atomic mass is 10.1. The fourth-order valence-corrected chi connectivity index (χ4v) is 4.14. The van der Waals surface area contributed by atoms with Crippen molar-refractivity contribution in [3.63, 3.8) is 0 Å². The third kappa shape index (κ3) is 6.99. The van der Waals surface area contributed by atoms with E-state index in [1.54, 1.807) is 48.5 Å². The summed E-state index contributed by atoms with van der Waals surface area (Å²) in [7, 11) is 1.05. The Balaban J connectivity index is 1.71. The lowest BCUT2D eigenvalue weighted by molar-refractivity contribution is 0.0710. The van der Waals surface area contributed by atoms with Gasteiger partial charge in [-0.25, -0.2) is 9.59 Å². The van der Waals surface area contributed by atoms with Gasteiger partial charge in [0.2, 0.25) is 0 Å². The summed E-state index contributed by atoms with van der Waals surface area (Å²) in [6.45, 7) is 11.5. The van der Waals surface area contributed by atoms with E-state index in [1.165, 1.54) is 20.3 Å². The van der Waals surface area contributed by atoms with Crippen molar-refractivity contribution < 1.29 is 33.0 Å². The molecule has 37 heavy (non-hydrogen) atoms. The molecule has 0 amide bonds. The maximum atomic E-state index is 13.0. The van der Waals surface area contributed by atoms with Crippen molar-refractivity contribution in [1.82, 2.24) is 0 Å². The Morgan fingerprint density at radius 2 is 1.27 bits per heavy atom. The molecule has 0 unspecified atom stereocenters. The van der Waals surface area contributed by atoms with Crippen LogP contribution in [0.3, 0.4) is 0 Å². The van der Waals surface area contributed by atoms with Gasteiger partial charge in [-0.15, -0.1) is 0 Å². The highest BCUT2D eigenvalue weighted by Gasteiger charge is 2.37. The van der Waals surface area contributed by atoms with Gasteiger partial charge in [0.15, 0.2) is 8.32 Å². The van der Waals surface area contributed by atoms with Gasteiger partial charge in [0.1, 0.15) is 34.1 Å². The summed E-state index contributed by atoms with van der Waals surface area (Å²) in [6, 6.07) is 18.4. The molecule has 0 aliphatic heterocycles. The van der Waals surface area contributed by atoms with E-state index in [1.807, 2.05) is 12.1 Å². The minimum atomic E-state index is -1.87. The quantitative estimate of drug-likeness (QED) is 0.176. The molecule has 0 aromatic heterocycles. The molecule has 0 N–H and O–H groups in total. The van der Waals surface area contributed by atoms with Gasteiger partial charge < -0.3 is 23.4 Å². The fraction of sp³-hybridized carbons (Fsp3) is 0.310. The number of carbonyl (C=O) groups is 2. The molecule has 0 saturated heterocycles. The summed E-state index contributed by atoms with van der Waals surface area (Å²) in [6.07, 6.45) is 0. The van der Waals surface area contributed by atoms with E-state index in [-0.39, 0.29) is 21.9 Å². The zero-order chi connectivity index (χ0) is 27.2. The van der Waals surface area contributed by atoms with Crippen LogP contribution in [-0.2, 0) is 11.0 Å². The predicted molar refractivity (Wildman–Crippen MR) is 144 cm³/mol. The Bertz CT molecular complexity index is 1240. The van der Waals surface area contributed by atoms with Crippen LogP contribution in [0.15, 0.2) is 66.7 Å². The van der Waals surface area contributed by atoms with E-state index in [2.05, 4.69) is 33.9 Å². The molecule has 8 heteroatoms. The Labute approximate surface area is 219 Å². The Morgan fingerprint density at radius 1 is 0.730 bits per heavy atom. The monoisotopic (exact) mass is 522 g/mol. The van der Waals surface area contributed by atoms with Gasteiger partial charge >= 0.3 is 11.9 Å². The van der Waals surface area contributed by atoms with E-state index in [0.29, 0.717) is 23.9 Å². The van der Waals surface area contributed by atoms with Gasteiger partial charge in [-0.2, -0.15) is 0 Å². The number of hydrogen-bond acceptors (Lipinski definition) is 7. The average Bonchev–Trinajstić information content (AvgIpc) is 2.87. The molecule has 3 rings (SSSR count). The zero-order valence-corrected chi connectivity index (χ0v) is 23.4. The largest absolute Gasteiger partial charge is 0.496 e. The average molecular weight is 523 g/mol. The Kier molecular flexibility index (Phi) is 8.78. The number of hydrogen-bond donors (Lipinski definition) is 0. The highest BCUT2D eigenvalue weighted by atomic mass is 28.4. The molecule has 196 valence electrons. The standard InChI is InChI=1S/C29H34O7Si/c1-29(2,3)37(6,7)34-19-20-12-14-21(15-13-20)35-28(31)24-18-22(16-17-26(24)33-5)36-27(30)23-10-8-9-11-25(23)32-4/h8-18H,19H2,1-7H3. The fourth-order valence-electron chi connectivity index (χ4n) is 3.18. The molecule has 3 aromatic rings. The van der Waals surface area contributed by atoms with Crippen LogP contribution in [0.4, 0.5) is 0 Å². The zero-order valence-electron chi connectivity index (χ0n) is 22.4. The number of benzene rings is 3. The summed E-state index contributed by atoms with van der Waals surface area (Å²) in [4.78, 5) is 25.6. The molecular formula is C29H34O7Si. The highest BCUT2D eigenvalue weighted by Crippen LogP contribution is 2.37. The van der Waals surface area contributed by atoms with Crippen LogP contribution in [0.1, 0.15) is 47.1 Å². The molecule has 0 spiro atoms. The summed E-state index contributed by atoms with van der Waals surface area (Å²) >= 11 is 0. The molecule has 0 saturated carbocycles. The molecule has 0 atom stereocenters. The number of methoxy groups -OCH3 is 2. The first kappa shape index (κ1) is 28.0. The second-order valence-corrected chi connectivity index (χ2v) is 14.8. The molecule has 0 bridgehead atoms. The summed E-state index contributed by atoms with van der Waals surface area (Å²) < 4.78 is 27.9. The van der Waals surface area contributed by atoms with E-state index in [9.17, 15) is 9.59 Å². The molecule has 7 nitrogen and oxygen atoms in total. The molecule has 0 aliphatic rings. The van der Waals surface area contributed by atoms with Crippen LogP contribution in [0, 0.1) is 0 Å². The second kappa shape index (κ2) is 11.6. The van der Waals surface area contributed by atoms with Crippen LogP contribution in [0.5, 0.6) is 23.0 Å². The lowest BCUT2D eigenvalue weighted by Gasteiger charge is -2.36. The molecule has 0 aliphatic carbocycles. The normalized spacial score (nSPS) is 11.5. The Morgan fingerprint density at radius 3 is 1.89 bits per heavy atom. The van der Waals surface area contributed by atoms with E-state index in [0.717, 1.165) is 5.56 Å². The van der Waals surface area contributed by atoms with E-state index >= 15 is 0 Å². The second-order valence-electron chi connectivity index (χ2n) is 10.0. The predicted octanol–water partition coefficient (Wildman–Crippen LogP) is 6.66. The van der Waals surface area contributed by atoms with Gasteiger partial charge in [0.25, 0.3) is 0 Å². The topological polar surface area (TPSA) is 80.3 Å². The third-order valence-electron chi connectivity index (χ3n) is 6.47. The number of para-hydroxylation sites is 1. The van der Waals surface area contributed by atoms with Gasteiger partial charge in [-0.3, -0.25) is 0 Å². The molecule has 0 fully saturated rings. The highest BCUT2D eigenvalue weighted by molar-refractivity contribution is 6.74.